The number of aromatic nitrogens is 1. The number of hydrogen-bond acceptors (Lipinski definition) is 2. The molecule has 0 atom stereocenters. The minimum atomic E-state index is -0.459. The number of aldehydes is 1. The summed E-state index contributed by atoms with van der Waals surface area (Å²) >= 11 is 2.91. The number of carbonyl (C=O) groups excluding carboxylic acids is 1. The lowest BCUT2D eigenvalue weighted by molar-refractivity contribution is -0.107. The van der Waals surface area contributed by atoms with E-state index < -0.39 is 5.82 Å². The van der Waals surface area contributed by atoms with Gasteiger partial charge >= 0.3 is 0 Å². The Balaban J connectivity index is 3.05. The highest BCUT2D eigenvalue weighted by Gasteiger charge is 2.04. The van der Waals surface area contributed by atoms with E-state index in [0.29, 0.717) is 11.8 Å². The van der Waals surface area contributed by atoms with Gasteiger partial charge in [0.1, 0.15) is 10.9 Å². The topological polar surface area (TPSA) is 30.0 Å². The summed E-state index contributed by atoms with van der Waals surface area (Å²) in [5.74, 6) is -0.459. The maximum atomic E-state index is 12.9. The Morgan fingerprint density at radius 3 is 3.09 bits per heavy atom. The molecule has 0 fully saturated rings. The lowest BCUT2D eigenvalue weighted by atomic mass is 10.2. The molecule has 0 saturated carbocycles. The molecule has 1 aromatic rings. The van der Waals surface area contributed by atoms with E-state index in [1.165, 1.54) is 12.3 Å². The van der Waals surface area contributed by atoms with Crippen LogP contribution in [-0.2, 0) is 11.2 Å². The van der Waals surface area contributed by atoms with Crippen molar-refractivity contribution in [2.45, 2.75) is 6.42 Å². The second-order valence-corrected chi connectivity index (χ2v) is 2.70. The molecule has 0 amide bonds. The summed E-state index contributed by atoms with van der Waals surface area (Å²) in [6.45, 7) is 0. The molecule has 1 rings (SSSR count). The highest BCUT2D eigenvalue weighted by Crippen LogP contribution is 2.15. The van der Waals surface area contributed by atoms with Gasteiger partial charge in [-0.3, -0.25) is 0 Å². The van der Waals surface area contributed by atoms with E-state index >= 15 is 0 Å². The molecule has 0 aliphatic rings. The van der Waals surface area contributed by atoms with Crippen LogP contribution < -0.4 is 0 Å². The Morgan fingerprint density at radius 1 is 1.73 bits per heavy atom. The van der Waals surface area contributed by atoms with Crippen molar-refractivity contribution in [3.8, 4) is 0 Å². The molecule has 2 nitrogen and oxygen atoms in total. The van der Waals surface area contributed by atoms with E-state index in [-0.39, 0.29) is 11.0 Å². The van der Waals surface area contributed by atoms with Gasteiger partial charge in [-0.05, 0) is 27.6 Å². The Hall–Kier alpha value is -0.770. The lowest BCUT2D eigenvalue weighted by Gasteiger charge is -1.97. The molecule has 1 heterocycles. The van der Waals surface area contributed by atoms with Crippen LogP contribution in [0.25, 0.3) is 0 Å². The van der Waals surface area contributed by atoms with E-state index in [4.69, 9.17) is 0 Å². The Kier molecular flexibility index (Phi) is 2.70. The van der Waals surface area contributed by atoms with Crippen molar-refractivity contribution in [3.05, 3.63) is 28.2 Å². The Bertz CT molecular complexity index is 277. The Morgan fingerprint density at radius 2 is 2.45 bits per heavy atom. The second-order valence-electron chi connectivity index (χ2n) is 1.95. The standard InChI is InChI=1S/C7H5BrFNO/c8-7-6(9)5(2-4-11)1-3-10-7/h1,3-4H,2H2. The van der Waals surface area contributed by atoms with Crippen molar-refractivity contribution >= 4 is 22.2 Å². The predicted octanol–water partition coefficient (Wildman–Crippen LogP) is 1.72. The summed E-state index contributed by atoms with van der Waals surface area (Å²) in [4.78, 5) is 13.7. The van der Waals surface area contributed by atoms with Crippen molar-refractivity contribution in [2.24, 2.45) is 0 Å². The van der Waals surface area contributed by atoms with Gasteiger partial charge in [0, 0.05) is 12.6 Å². The van der Waals surface area contributed by atoms with E-state index in [1.807, 2.05) is 0 Å². The van der Waals surface area contributed by atoms with Gasteiger partial charge in [-0.15, -0.1) is 0 Å². The molecule has 0 aromatic carbocycles. The van der Waals surface area contributed by atoms with Crippen LogP contribution in [0.2, 0.25) is 0 Å². The first-order valence-corrected chi connectivity index (χ1v) is 3.77. The third-order valence-corrected chi connectivity index (χ3v) is 1.78. The summed E-state index contributed by atoms with van der Waals surface area (Å²) in [6.07, 6.45) is 2.20. The quantitative estimate of drug-likeness (QED) is 0.558. The van der Waals surface area contributed by atoms with Gasteiger partial charge in [-0.25, -0.2) is 9.37 Å². The predicted molar refractivity (Wildman–Crippen MR) is 41.7 cm³/mol. The van der Waals surface area contributed by atoms with Crippen molar-refractivity contribution in [1.82, 2.24) is 4.98 Å². The third-order valence-electron chi connectivity index (χ3n) is 1.23. The van der Waals surface area contributed by atoms with Gasteiger partial charge in [0.2, 0.25) is 0 Å². The highest BCUT2D eigenvalue weighted by atomic mass is 79.9. The molecule has 11 heavy (non-hydrogen) atoms. The number of rotatable bonds is 2. The van der Waals surface area contributed by atoms with Gasteiger partial charge in [0.05, 0.1) is 0 Å². The smallest absolute Gasteiger partial charge is 0.159 e. The maximum Gasteiger partial charge on any atom is 0.159 e. The Labute approximate surface area is 71.6 Å². The van der Waals surface area contributed by atoms with Crippen molar-refractivity contribution < 1.29 is 9.18 Å². The van der Waals surface area contributed by atoms with Crippen molar-refractivity contribution in [3.63, 3.8) is 0 Å². The van der Waals surface area contributed by atoms with Crippen LogP contribution in [-0.4, -0.2) is 11.3 Å². The number of nitrogens with zero attached hydrogens (tertiary/aromatic N) is 1. The van der Waals surface area contributed by atoms with E-state index in [0.717, 1.165) is 0 Å². The minimum absolute atomic E-state index is 0.0902. The second kappa shape index (κ2) is 3.57. The number of carbonyl (C=O) groups is 1. The highest BCUT2D eigenvalue weighted by molar-refractivity contribution is 9.10. The minimum Gasteiger partial charge on any atom is -0.303 e. The normalized spacial score (nSPS) is 9.64. The molecule has 1 aromatic heterocycles. The van der Waals surface area contributed by atoms with Crippen LogP contribution in [0.15, 0.2) is 16.9 Å². The zero-order valence-electron chi connectivity index (χ0n) is 5.55. The summed E-state index contributed by atoms with van der Waals surface area (Å²) in [7, 11) is 0. The first kappa shape index (κ1) is 8.33. The largest absolute Gasteiger partial charge is 0.303 e. The number of halogens is 2. The molecule has 0 radical (unpaired) electrons. The fourth-order valence-electron chi connectivity index (χ4n) is 0.702. The van der Waals surface area contributed by atoms with Gasteiger partial charge in [0.25, 0.3) is 0 Å². The molecule has 0 spiro atoms. The van der Waals surface area contributed by atoms with Crippen LogP contribution >= 0.6 is 15.9 Å². The summed E-state index contributed by atoms with van der Waals surface area (Å²) in [6, 6.07) is 1.48. The fraction of sp³-hybridized carbons (Fsp3) is 0.143. The molecular formula is C7H5BrFNO. The van der Waals surface area contributed by atoms with Crippen LogP contribution in [0, 0.1) is 5.82 Å². The lowest BCUT2D eigenvalue weighted by Crippen LogP contribution is -1.93. The van der Waals surface area contributed by atoms with Crippen LogP contribution in [0.5, 0.6) is 0 Å². The molecule has 0 aliphatic heterocycles. The molecule has 4 heteroatoms. The summed E-state index contributed by atoms with van der Waals surface area (Å²) in [5.41, 5.74) is 0.363. The third kappa shape index (κ3) is 1.83. The molecule has 0 saturated heterocycles. The van der Waals surface area contributed by atoms with Gasteiger partial charge in [-0.2, -0.15) is 0 Å². The SMILES string of the molecule is O=CCc1ccnc(Br)c1F. The fourth-order valence-corrected chi connectivity index (χ4v) is 1.08. The molecule has 0 unspecified atom stereocenters. The molecule has 58 valence electrons. The maximum absolute atomic E-state index is 12.9. The van der Waals surface area contributed by atoms with Crippen LogP contribution in [0.4, 0.5) is 4.39 Å². The van der Waals surface area contributed by atoms with E-state index in [1.54, 1.807) is 0 Å². The van der Waals surface area contributed by atoms with Crippen LogP contribution in [0.3, 0.4) is 0 Å². The van der Waals surface area contributed by atoms with E-state index in [2.05, 4.69) is 20.9 Å². The zero-order valence-corrected chi connectivity index (χ0v) is 7.14. The average Bonchev–Trinajstić information content (AvgIpc) is 1.99. The first-order valence-electron chi connectivity index (χ1n) is 2.98. The summed E-state index contributed by atoms with van der Waals surface area (Å²) in [5, 5.41) is 0. The van der Waals surface area contributed by atoms with E-state index in [9.17, 15) is 9.18 Å². The van der Waals surface area contributed by atoms with Gasteiger partial charge in [-0.1, -0.05) is 0 Å². The molecule has 0 bridgehead atoms. The molecular weight excluding hydrogens is 213 g/mol. The number of hydrogen-bond donors (Lipinski definition) is 0. The van der Waals surface area contributed by atoms with Crippen molar-refractivity contribution in [2.75, 3.05) is 0 Å². The number of pyridine rings is 1. The monoisotopic (exact) mass is 217 g/mol. The average molecular weight is 218 g/mol. The van der Waals surface area contributed by atoms with Gasteiger partial charge < -0.3 is 4.79 Å². The zero-order chi connectivity index (χ0) is 8.27. The van der Waals surface area contributed by atoms with Gasteiger partial charge in [0.15, 0.2) is 5.82 Å². The molecule has 0 aliphatic carbocycles. The molecule has 0 N–H and O–H groups in total. The van der Waals surface area contributed by atoms with Crippen molar-refractivity contribution in [1.29, 1.82) is 0 Å². The summed E-state index contributed by atoms with van der Waals surface area (Å²) < 4.78 is 13.1. The first-order chi connectivity index (χ1) is 5.25. The van der Waals surface area contributed by atoms with Crippen LogP contribution in [0.1, 0.15) is 5.56 Å².